The summed E-state index contributed by atoms with van der Waals surface area (Å²) in [5.41, 5.74) is 3.74. The standard InChI is InChI=1S/C28H32ClN5O7/c29-19-13-20-26(32-27(30-20)41-22-15-39-24-21(35)14-38-25(22)24)31-23(19)16-1-3-17(4-2-16)33-7-5-18(6-8-33)40-28(36)34-9-11-37-12-10-34/h1-4,13,18,21-22,24-25,35H,5-12,14-15H2,(H,30,31,32)/t21-,22-,24?,25?/m1/s1. The van der Waals surface area contributed by atoms with Gasteiger partial charge in [-0.05, 0) is 18.2 Å². The van der Waals surface area contributed by atoms with Crippen LogP contribution in [-0.2, 0) is 18.9 Å². The fraction of sp³-hybridized carbons (Fsp3) is 0.536. The third-order valence-corrected chi connectivity index (χ3v) is 8.42. The Balaban J connectivity index is 0.981. The molecule has 6 heterocycles. The molecule has 0 spiro atoms. The van der Waals surface area contributed by atoms with Crippen molar-refractivity contribution >= 4 is 34.5 Å². The van der Waals surface area contributed by atoms with Gasteiger partial charge in [0.2, 0.25) is 0 Å². The first-order valence-electron chi connectivity index (χ1n) is 14.0. The molecule has 4 saturated heterocycles. The van der Waals surface area contributed by atoms with Crippen LogP contribution in [0.4, 0.5) is 10.5 Å². The smallest absolute Gasteiger partial charge is 0.410 e. The molecule has 1 amide bonds. The monoisotopic (exact) mass is 585 g/mol. The number of anilines is 1. The lowest BCUT2D eigenvalue weighted by atomic mass is 10.1. The van der Waals surface area contributed by atoms with Gasteiger partial charge in [0.25, 0.3) is 6.01 Å². The van der Waals surface area contributed by atoms with Crippen LogP contribution in [0.2, 0.25) is 5.02 Å². The minimum Gasteiger partial charge on any atom is -0.456 e. The SMILES string of the molecule is O=C(OC1CCN(c2ccc(-c3nc4nc(O[C@@H]5COC6C5OC[C@H]6O)[nH]c4cc3Cl)cc2)CC1)N1CCOCC1. The van der Waals surface area contributed by atoms with Gasteiger partial charge in [-0.3, -0.25) is 0 Å². The zero-order valence-electron chi connectivity index (χ0n) is 22.4. The number of aromatic amines is 1. The van der Waals surface area contributed by atoms with Crippen molar-refractivity contribution in [3.8, 4) is 17.3 Å². The number of nitrogens with zero attached hydrogens (tertiary/aromatic N) is 4. The highest BCUT2D eigenvalue weighted by Gasteiger charge is 2.48. The molecule has 0 bridgehead atoms. The second-order valence-electron chi connectivity index (χ2n) is 10.8. The van der Waals surface area contributed by atoms with E-state index in [0.717, 1.165) is 37.2 Å². The topological polar surface area (TPSA) is 132 Å². The maximum Gasteiger partial charge on any atom is 0.410 e. The summed E-state index contributed by atoms with van der Waals surface area (Å²) >= 11 is 6.63. The van der Waals surface area contributed by atoms with Crippen molar-refractivity contribution < 1.29 is 33.6 Å². The van der Waals surface area contributed by atoms with E-state index < -0.39 is 6.10 Å². The second kappa shape index (κ2) is 11.3. The predicted molar refractivity (Wildman–Crippen MR) is 148 cm³/mol. The molecule has 0 saturated carbocycles. The molecule has 2 unspecified atom stereocenters. The summed E-state index contributed by atoms with van der Waals surface area (Å²) in [6.45, 7) is 4.46. The quantitative estimate of drug-likeness (QED) is 0.460. The van der Waals surface area contributed by atoms with Gasteiger partial charge in [-0.15, -0.1) is 0 Å². The Kier molecular flexibility index (Phi) is 7.34. The number of aliphatic hydroxyl groups excluding tert-OH is 1. The number of ether oxygens (including phenoxy) is 5. The number of amides is 1. The number of benzene rings is 1. The molecule has 41 heavy (non-hydrogen) atoms. The molecule has 2 aromatic heterocycles. The van der Waals surface area contributed by atoms with Crippen LogP contribution in [0.15, 0.2) is 30.3 Å². The van der Waals surface area contributed by atoms with Crippen molar-refractivity contribution in [2.45, 2.75) is 43.4 Å². The summed E-state index contributed by atoms with van der Waals surface area (Å²) < 4.78 is 28.3. The van der Waals surface area contributed by atoms with Crippen LogP contribution >= 0.6 is 11.6 Å². The number of aromatic nitrogens is 3. The van der Waals surface area contributed by atoms with Gasteiger partial charge >= 0.3 is 6.09 Å². The molecule has 4 fully saturated rings. The van der Waals surface area contributed by atoms with Gasteiger partial charge in [0.1, 0.15) is 24.4 Å². The molecule has 0 aliphatic carbocycles. The molecule has 2 N–H and O–H groups in total. The zero-order chi connectivity index (χ0) is 27.9. The number of morpholine rings is 1. The molecule has 3 aromatic rings. The predicted octanol–water partition coefficient (Wildman–Crippen LogP) is 2.62. The van der Waals surface area contributed by atoms with Gasteiger partial charge in [0.15, 0.2) is 11.8 Å². The number of hydrogen-bond acceptors (Lipinski definition) is 10. The van der Waals surface area contributed by atoms with E-state index in [0.29, 0.717) is 60.8 Å². The minimum atomic E-state index is -0.643. The van der Waals surface area contributed by atoms with Gasteiger partial charge in [-0.25, -0.2) is 9.78 Å². The van der Waals surface area contributed by atoms with E-state index in [1.165, 1.54) is 0 Å². The number of aliphatic hydroxyl groups is 1. The van der Waals surface area contributed by atoms with E-state index in [-0.39, 0.29) is 37.1 Å². The van der Waals surface area contributed by atoms with Crippen LogP contribution in [0.3, 0.4) is 0 Å². The lowest BCUT2D eigenvalue weighted by Gasteiger charge is -2.35. The number of nitrogens with one attached hydrogen (secondary N) is 1. The minimum absolute atomic E-state index is 0.0711. The number of hydrogen-bond donors (Lipinski definition) is 2. The van der Waals surface area contributed by atoms with Crippen LogP contribution in [0.5, 0.6) is 6.01 Å². The number of H-pyrrole nitrogens is 1. The van der Waals surface area contributed by atoms with Gasteiger partial charge in [0.05, 0.1) is 42.7 Å². The first-order valence-corrected chi connectivity index (χ1v) is 14.4. The number of imidazole rings is 1. The Hall–Kier alpha value is -3.16. The number of carbonyl (C=O) groups is 1. The Bertz CT molecular complexity index is 1390. The Labute approximate surface area is 241 Å². The summed E-state index contributed by atoms with van der Waals surface area (Å²) in [5.74, 6) is 0. The van der Waals surface area contributed by atoms with Crippen LogP contribution in [0.1, 0.15) is 12.8 Å². The Morgan fingerprint density at radius 2 is 1.78 bits per heavy atom. The highest BCUT2D eigenvalue weighted by molar-refractivity contribution is 6.33. The largest absolute Gasteiger partial charge is 0.456 e. The molecule has 7 rings (SSSR count). The average molecular weight is 586 g/mol. The van der Waals surface area contributed by atoms with Gasteiger partial charge < -0.3 is 43.6 Å². The lowest BCUT2D eigenvalue weighted by Crippen LogP contribution is -2.44. The molecule has 4 aliphatic heterocycles. The van der Waals surface area contributed by atoms with Crippen LogP contribution in [-0.4, -0.2) is 114 Å². The van der Waals surface area contributed by atoms with Gasteiger partial charge in [-0.1, -0.05) is 23.7 Å². The summed E-state index contributed by atoms with van der Waals surface area (Å²) in [6.07, 6.45) is -0.470. The third-order valence-electron chi connectivity index (χ3n) is 8.13. The molecule has 218 valence electrons. The maximum atomic E-state index is 12.4. The second-order valence-corrected chi connectivity index (χ2v) is 11.2. The van der Waals surface area contributed by atoms with Crippen molar-refractivity contribution in [1.29, 1.82) is 0 Å². The zero-order valence-corrected chi connectivity index (χ0v) is 23.2. The highest BCUT2D eigenvalue weighted by Crippen LogP contribution is 2.33. The van der Waals surface area contributed by atoms with Gasteiger partial charge in [-0.2, -0.15) is 4.98 Å². The van der Waals surface area contributed by atoms with Crippen molar-refractivity contribution in [3.05, 3.63) is 35.4 Å². The van der Waals surface area contributed by atoms with Crippen molar-refractivity contribution in [3.63, 3.8) is 0 Å². The molecule has 1 aromatic carbocycles. The number of piperidine rings is 1. The van der Waals surface area contributed by atoms with E-state index in [2.05, 4.69) is 27.0 Å². The van der Waals surface area contributed by atoms with Crippen LogP contribution in [0, 0.1) is 0 Å². The number of pyridine rings is 1. The summed E-state index contributed by atoms with van der Waals surface area (Å²) in [5, 5.41) is 10.5. The van der Waals surface area contributed by atoms with E-state index in [9.17, 15) is 9.90 Å². The summed E-state index contributed by atoms with van der Waals surface area (Å²) in [6, 6.07) is 10.2. The number of halogens is 1. The first kappa shape index (κ1) is 26.7. The van der Waals surface area contributed by atoms with E-state index in [4.69, 9.17) is 40.3 Å². The molecule has 0 radical (unpaired) electrons. The molecule has 4 atom stereocenters. The third kappa shape index (κ3) is 5.42. The highest BCUT2D eigenvalue weighted by atomic mass is 35.5. The fourth-order valence-electron chi connectivity index (χ4n) is 5.87. The van der Waals surface area contributed by atoms with Crippen molar-refractivity contribution in [2.75, 3.05) is 57.5 Å². The number of fused-ring (bicyclic) bond motifs is 2. The van der Waals surface area contributed by atoms with Crippen LogP contribution < -0.4 is 9.64 Å². The lowest BCUT2D eigenvalue weighted by molar-refractivity contribution is 0.00705. The Morgan fingerprint density at radius 3 is 2.56 bits per heavy atom. The van der Waals surface area contributed by atoms with Crippen molar-refractivity contribution in [2.24, 2.45) is 0 Å². The van der Waals surface area contributed by atoms with E-state index in [1.807, 2.05) is 12.1 Å². The van der Waals surface area contributed by atoms with Crippen molar-refractivity contribution in [1.82, 2.24) is 19.9 Å². The maximum absolute atomic E-state index is 12.4. The van der Waals surface area contributed by atoms with E-state index >= 15 is 0 Å². The molecule has 13 heteroatoms. The molecular formula is C28H32ClN5O7. The first-order chi connectivity index (χ1) is 20.0. The van der Waals surface area contributed by atoms with Gasteiger partial charge in [0, 0.05) is 50.3 Å². The Morgan fingerprint density at radius 1 is 1.02 bits per heavy atom. The summed E-state index contributed by atoms with van der Waals surface area (Å²) in [7, 11) is 0. The average Bonchev–Trinajstić information content (AvgIpc) is 3.70. The van der Waals surface area contributed by atoms with E-state index in [1.54, 1.807) is 11.0 Å². The number of rotatable bonds is 5. The fourth-order valence-corrected chi connectivity index (χ4v) is 6.13. The van der Waals surface area contributed by atoms with Crippen LogP contribution in [0.25, 0.3) is 22.4 Å². The molecule has 4 aliphatic rings. The summed E-state index contributed by atoms with van der Waals surface area (Å²) in [4.78, 5) is 28.8. The normalized spacial score (nSPS) is 26.9. The molecular weight excluding hydrogens is 554 g/mol. The molecule has 12 nitrogen and oxygen atoms in total. The number of carbonyl (C=O) groups excluding carboxylic acids is 1.